The van der Waals surface area contributed by atoms with Crippen molar-refractivity contribution in [2.75, 3.05) is 125 Å². The molecule has 8 rings (SSSR count). The minimum atomic E-state index is -4.51. The Kier molecular flexibility index (Phi) is 14.5. The number of carbonyl (C=O) groups is 2. The molecule has 0 atom stereocenters. The molecule has 21 heteroatoms. The summed E-state index contributed by atoms with van der Waals surface area (Å²) in [6.45, 7) is 11.5. The van der Waals surface area contributed by atoms with Gasteiger partial charge in [0.1, 0.15) is 0 Å². The number of morpholine rings is 2. The first kappa shape index (κ1) is 43.4. The maximum Gasteiger partial charge on any atom is 0.419 e. The average Bonchev–Trinajstić information content (AvgIpc) is 4.00. The largest absolute Gasteiger partial charge is 0.419 e. The Bertz CT molecular complexity index is 1940. The molecule has 2 aromatic carbocycles. The van der Waals surface area contributed by atoms with Gasteiger partial charge >= 0.3 is 23.8 Å². The molecule has 0 saturated carbocycles. The zero-order valence-corrected chi connectivity index (χ0v) is 32.8. The van der Waals surface area contributed by atoms with Crippen LogP contribution < -0.4 is 19.6 Å². The van der Waals surface area contributed by atoms with Crippen LogP contribution >= 0.6 is 11.6 Å². The lowest BCUT2D eigenvalue weighted by Crippen LogP contribution is -2.50. The Labute approximate surface area is 341 Å². The number of para-hydroxylation sites is 4. The summed E-state index contributed by atoms with van der Waals surface area (Å²) in [5, 5.41) is 8.44. The van der Waals surface area contributed by atoms with Crippen molar-refractivity contribution in [3.63, 3.8) is 0 Å². The van der Waals surface area contributed by atoms with E-state index in [0.717, 1.165) is 87.1 Å². The Hall–Kier alpha value is -5.21. The number of rotatable bonds is 4. The second kappa shape index (κ2) is 19.7. The summed E-state index contributed by atoms with van der Waals surface area (Å²) < 4.78 is 84.5. The van der Waals surface area contributed by atoms with E-state index >= 15 is 0 Å². The topological polar surface area (TPSA) is 119 Å². The van der Waals surface area contributed by atoms with Gasteiger partial charge in [0.15, 0.2) is 0 Å². The van der Waals surface area contributed by atoms with E-state index in [1.807, 2.05) is 12.1 Å². The molecule has 14 nitrogen and oxygen atoms in total. The molecule has 0 spiro atoms. The Morgan fingerprint density at radius 3 is 1.32 bits per heavy atom. The third-order valence-electron chi connectivity index (χ3n) is 10.2. The third-order valence-corrected chi connectivity index (χ3v) is 10.4. The smallest absolute Gasteiger partial charge is 0.378 e. The normalized spacial score (nSPS) is 17.8. The van der Waals surface area contributed by atoms with Crippen LogP contribution in [0, 0.1) is 0 Å². The number of hydrogen-bond acceptors (Lipinski definition) is 10. The number of benzene rings is 2. The fraction of sp³-hybridized carbons (Fsp3) is 0.474. The van der Waals surface area contributed by atoms with Crippen LogP contribution in [0.25, 0.3) is 0 Å². The number of amides is 2. The van der Waals surface area contributed by atoms with E-state index in [0.29, 0.717) is 58.7 Å². The van der Waals surface area contributed by atoms with Crippen molar-refractivity contribution < 1.29 is 45.4 Å². The number of alkyl halides is 6. The number of hydrogen-bond donors (Lipinski definition) is 1. The number of nitrogens with zero attached hydrogens (tertiary/aromatic N) is 9. The van der Waals surface area contributed by atoms with E-state index in [-0.39, 0.29) is 5.37 Å². The van der Waals surface area contributed by atoms with Crippen LogP contribution in [-0.4, -0.2) is 146 Å². The summed E-state index contributed by atoms with van der Waals surface area (Å²) in [5.74, 6) is 0. The van der Waals surface area contributed by atoms with Gasteiger partial charge in [-0.2, -0.15) is 41.2 Å². The van der Waals surface area contributed by atoms with Gasteiger partial charge in [-0.3, -0.25) is 9.89 Å². The number of anilines is 4. The highest BCUT2D eigenvalue weighted by molar-refractivity contribution is 6.62. The zero-order chi connectivity index (χ0) is 42.0. The molecule has 4 aromatic rings. The lowest BCUT2D eigenvalue weighted by atomic mass is 10.2. The van der Waals surface area contributed by atoms with Gasteiger partial charge in [-0.25, -0.2) is 4.79 Å². The number of carbonyl (C=O) groups excluding carboxylic acids is 2. The highest BCUT2D eigenvalue weighted by Gasteiger charge is 2.34. The second-order valence-corrected chi connectivity index (χ2v) is 14.1. The molecule has 4 aliphatic heterocycles. The monoisotopic (exact) mass is 854 g/mol. The third kappa shape index (κ3) is 11.5. The van der Waals surface area contributed by atoms with Gasteiger partial charge in [-0.1, -0.05) is 24.3 Å². The van der Waals surface area contributed by atoms with Crippen LogP contribution in [0.5, 0.6) is 0 Å². The van der Waals surface area contributed by atoms with Crippen LogP contribution in [-0.2, 0) is 21.8 Å². The van der Waals surface area contributed by atoms with Crippen LogP contribution in [0.1, 0.15) is 11.1 Å². The van der Waals surface area contributed by atoms with Gasteiger partial charge in [0, 0.05) is 90.9 Å². The van der Waals surface area contributed by atoms with Gasteiger partial charge in [-0.05, 0) is 35.9 Å². The molecule has 0 unspecified atom stereocenters. The molecule has 320 valence electrons. The number of H-pyrrole nitrogens is 1. The number of nitrogens with one attached hydrogen (secondary N) is 1. The fourth-order valence-corrected chi connectivity index (χ4v) is 7.16. The lowest BCUT2D eigenvalue weighted by molar-refractivity contribution is -0.138. The molecular formula is C38H45ClF6N10O4. The molecule has 4 fully saturated rings. The van der Waals surface area contributed by atoms with E-state index in [1.165, 1.54) is 16.3 Å². The summed E-state index contributed by atoms with van der Waals surface area (Å²) in [5.41, 5.74) is 3.05. The zero-order valence-electron chi connectivity index (χ0n) is 32.0. The predicted molar refractivity (Wildman–Crippen MR) is 209 cm³/mol. The van der Waals surface area contributed by atoms with Crippen molar-refractivity contribution in [1.29, 1.82) is 0 Å². The highest BCUT2D eigenvalue weighted by atomic mass is 35.5. The minimum Gasteiger partial charge on any atom is -0.378 e. The van der Waals surface area contributed by atoms with Gasteiger partial charge < -0.3 is 38.9 Å². The molecule has 59 heavy (non-hydrogen) atoms. The standard InChI is InChI=1S/C19H22F3N5O2.C15H20ClN3O2.C4H3F3N2/c20-19(21,22)15-13-23-27(14-15)18(28)26-7-5-24(6-8-26)16-3-1-2-4-17(16)25-9-11-29-12-10-25;16-15(20)19-7-5-17(6-8-19)13-3-1-2-4-14(13)18-9-11-21-12-10-18;5-4(6,7)3-1-8-9-2-3/h1-4,13-14H,5-12H2;1-4H,5-12H2;1-2H,(H,8,9). The van der Waals surface area contributed by atoms with E-state index < -0.39 is 29.5 Å². The second-order valence-electron chi connectivity index (χ2n) is 13.8. The molecule has 0 bridgehead atoms. The Morgan fingerprint density at radius 2 is 0.983 bits per heavy atom. The van der Waals surface area contributed by atoms with Gasteiger partial charge in [0.2, 0.25) is 0 Å². The number of piperazine rings is 2. The number of aromatic nitrogens is 4. The van der Waals surface area contributed by atoms with Crippen LogP contribution in [0.2, 0.25) is 0 Å². The molecule has 1 N–H and O–H groups in total. The van der Waals surface area contributed by atoms with Crippen LogP contribution in [0.3, 0.4) is 0 Å². The van der Waals surface area contributed by atoms with Gasteiger partial charge in [-0.15, -0.1) is 0 Å². The lowest BCUT2D eigenvalue weighted by Gasteiger charge is -2.39. The summed E-state index contributed by atoms with van der Waals surface area (Å²) in [7, 11) is 0. The summed E-state index contributed by atoms with van der Waals surface area (Å²) >= 11 is 5.55. The molecule has 6 heterocycles. The van der Waals surface area contributed by atoms with E-state index in [2.05, 4.69) is 71.3 Å². The predicted octanol–water partition coefficient (Wildman–Crippen LogP) is 5.96. The number of halogens is 7. The first-order valence-electron chi connectivity index (χ1n) is 19.0. The summed E-state index contributed by atoms with van der Waals surface area (Å²) in [6, 6.07) is 16.1. The molecule has 4 aliphatic rings. The SMILES string of the molecule is FC(F)(F)c1cn[nH]c1.O=C(Cl)N1CCN(c2ccccc2N2CCOCC2)CC1.O=C(N1CCN(c2ccccc2N2CCOCC2)CC1)n1cc(C(F)(F)F)cn1. The van der Waals surface area contributed by atoms with Gasteiger partial charge in [0.05, 0.1) is 72.7 Å². The first-order chi connectivity index (χ1) is 28.3. The fourth-order valence-electron chi connectivity index (χ4n) is 6.99. The van der Waals surface area contributed by atoms with Crippen molar-refractivity contribution in [2.45, 2.75) is 12.4 Å². The molecule has 0 radical (unpaired) electrons. The molecular weight excluding hydrogens is 810 g/mol. The maximum atomic E-state index is 12.7. The number of ether oxygens (including phenoxy) is 2. The summed E-state index contributed by atoms with van der Waals surface area (Å²) in [4.78, 5) is 36.1. The Morgan fingerprint density at radius 1 is 0.576 bits per heavy atom. The van der Waals surface area contributed by atoms with Gasteiger partial charge in [0.25, 0.3) is 0 Å². The highest BCUT2D eigenvalue weighted by Crippen LogP contribution is 2.33. The molecule has 4 saturated heterocycles. The van der Waals surface area contributed by atoms with E-state index in [1.54, 1.807) is 4.90 Å². The first-order valence-corrected chi connectivity index (χ1v) is 19.4. The molecule has 2 aromatic heterocycles. The molecule has 0 aliphatic carbocycles. The van der Waals surface area contributed by atoms with Crippen molar-refractivity contribution in [3.05, 3.63) is 84.4 Å². The van der Waals surface area contributed by atoms with Crippen molar-refractivity contribution in [3.8, 4) is 0 Å². The van der Waals surface area contributed by atoms with Crippen molar-refractivity contribution >= 4 is 45.7 Å². The van der Waals surface area contributed by atoms with Crippen molar-refractivity contribution in [2.24, 2.45) is 0 Å². The Balaban J connectivity index is 0.000000169. The van der Waals surface area contributed by atoms with Crippen molar-refractivity contribution in [1.82, 2.24) is 29.8 Å². The van der Waals surface area contributed by atoms with E-state index in [9.17, 15) is 35.9 Å². The van der Waals surface area contributed by atoms with E-state index in [4.69, 9.17) is 21.1 Å². The van der Waals surface area contributed by atoms with Crippen LogP contribution in [0.4, 0.5) is 58.7 Å². The quantitative estimate of drug-likeness (QED) is 0.150. The number of aromatic amines is 1. The maximum absolute atomic E-state index is 12.7. The average molecular weight is 855 g/mol. The van der Waals surface area contributed by atoms with Crippen LogP contribution in [0.15, 0.2) is 73.3 Å². The summed E-state index contributed by atoms with van der Waals surface area (Å²) in [6.07, 6.45) is -5.83. The minimum absolute atomic E-state index is 0.351. The molecule has 2 amide bonds.